The van der Waals surface area contributed by atoms with Gasteiger partial charge in [-0.05, 0) is 30.7 Å². The van der Waals surface area contributed by atoms with Crippen LogP contribution in [0.1, 0.15) is 22.7 Å². The molecule has 2 rings (SSSR count). The van der Waals surface area contributed by atoms with Crippen molar-refractivity contribution in [2.45, 2.75) is 13.0 Å². The minimum absolute atomic E-state index is 0.279. The molecule has 2 nitrogen and oxygen atoms in total. The normalized spacial score (nSPS) is 12.4. The summed E-state index contributed by atoms with van der Waals surface area (Å²) in [4.78, 5) is 0. The molecule has 4 heteroatoms. The quantitative estimate of drug-likeness (QED) is 0.659. The van der Waals surface area contributed by atoms with Crippen LogP contribution in [0.4, 0.5) is 4.39 Å². The van der Waals surface area contributed by atoms with Crippen molar-refractivity contribution in [1.29, 1.82) is 0 Å². The van der Waals surface area contributed by atoms with Crippen LogP contribution in [-0.2, 0) is 0 Å². The molecule has 18 heavy (non-hydrogen) atoms. The summed E-state index contributed by atoms with van der Waals surface area (Å²) < 4.78 is 13.9. The second-order valence-corrected chi connectivity index (χ2v) is 4.61. The van der Waals surface area contributed by atoms with E-state index in [0.717, 1.165) is 11.1 Å². The minimum Gasteiger partial charge on any atom is -0.271 e. The van der Waals surface area contributed by atoms with Crippen molar-refractivity contribution in [2.75, 3.05) is 0 Å². The van der Waals surface area contributed by atoms with Gasteiger partial charge < -0.3 is 0 Å². The highest BCUT2D eigenvalue weighted by Crippen LogP contribution is 2.25. The Morgan fingerprint density at radius 3 is 2.44 bits per heavy atom. The summed E-state index contributed by atoms with van der Waals surface area (Å²) in [5.74, 6) is 5.27. The molecule has 0 saturated carbocycles. The zero-order valence-corrected chi connectivity index (χ0v) is 10.7. The fraction of sp³-hybridized carbons (Fsp3) is 0.143. The van der Waals surface area contributed by atoms with Crippen LogP contribution in [0.3, 0.4) is 0 Å². The summed E-state index contributed by atoms with van der Waals surface area (Å²) in [7, 11) is 0. The van der Waals surface area contributed by atoms with Gasteiger partial charge in [0.2, 0.25) is 0 Å². The lowest BCUT2D eigenvalue weighted by Gasteiger charge is -2.18. The van der Waals surface area contributed by atoms with Gasteiger partial charge in [-0.2, -0.15) is 0 Å². The molecule has 0 bridgehead atoms. The van der Waals surface area contributed by atoms with Crippen molar-refractivity contribution in [3.05, 3.63) is 70.0 Å². The predicted molar refractivity (Wildman–Crippen MR) is 71.8 cm³/mol. The first-order valence-corrected chi connectivity index (χ1v) is 5.97. The van der Waals surface area contributed by atoms with E-state index in [0.29, 0.717) is 10.6 Å². The first-order chi connectivity index (χ1) is 8.61. The second kappa shape index (κ2) is 5.48. The van der Waals surface area contributed by atoms with Gasteiger partial charge in [-0.1, -0.05) is 41.4 Å². The Labute approximate surface area is 111 Å². The van der Waals surface area contributed by atoms with Crippen LogP contribution in [0.2, 0.25) is 5.02 Å². The Balaban J connectivity index is 2.44. The van der Waals surface area contributed by atoms with E-state index in [-0.39, 0.29) is 11.9 Å². The Morgan fingerprint density at radius 1 is 1.17 bits per heavy atom. The summed E-state index contributed by atoms with van der Waals surface area (Å²) in [6, 6.07) is 11.8. The molecule has 0 spiro atoms. The Kier molecular flexibility index (Phi) is 3.97. The number of rotatable bonds is 3. The third-order valence-electron chi connectivity index (χ3n) is 2.83. The predicted octanol–water partition coefficient (Wildman–Crippen LogP) is 3.34. The molecule has 2 aromatic rings. The van der Waals surface area contributed by atoms with E-state index in [4.69, 9.17) is 17.4 Å². The van der Waals surface area contributed by atoms with Crippen LogP contribution >= 0.6 is 11.6 Å². The molecule has 1 unspecified atom stereocenters. The van der Waals surface area contributed by atoms with Crippen LogP contribution in [-0.4, -0.2) is 0 Å². The van der Waals surface area contributed by atoms with E-state index in [1.807, 2.05) is 19.1 Å². The number of benzene rings is 2. The highest BCUT2D eigenvalue weighted by atomic mass is 35.5. The van der Waals surface area contributed by atoms with E-state index >= 15 is 0 Å². The second-order valence-electron chi connectivity index (χ2n) is 4.18. The van der Waals surface area contributed by atoms with Crippen molar-refractivity contribution in [3.8, 4) is 0 Å². The van der Waals surface area contributed by atoms with Crippen LogP contribution in [0.25, 0.3) is 0 Å². The number of hydrazine groups is 1. The van der Waals surface area contributed by atoms with Crippen molar-refractivity contribution < 1.29 is 4.39 Å². The molecule has 0 amide bonds. The van der Waals surface area contributed by atoms with Crippen LogP contribution < -0.4 is 11.3 Å². The zero-order valence-electron chi connectivity index (χ0n) is 9.95. The Bertz CT molecular complexity index is 540. The maximum Gasteiger partial charge on any atom is 0.128 e. The molecule has 94 valence electrons. The van der Waals surface area contributed by atoms with E-state index < -0.39 is 0 Å². The molecular weight excluding hydrogens is 251 g/mol. The van der Waals surface area contributed by atoms with Crippen molar-refractivity contribution >= 4 is 11.6 Å². The summed E-state index contributed by atoms with van der Waals surface area (Å²) in [6.45, 7) is 1.92. The fourth-order valence-electron chi connectivity index (χ4n) is 1.91. The molecule has 3 N–H and O–H groups in total. The van der Waals surface area contributed by atoms with E-state index in [1.165, 1.54) is 6.07 Å². The van der Waals surface area contributed by atoms with Gasteiger partial charge in [0.05, 0.1) is 6.04 Å². The van der Waals surface area contributed by atoms with E-state index in [2.05, 4.69) is 5.43 Å². The number of nitrogens with two attached hydrogens (primary N) is 1. The average molecular weight is 265 g/mol. The van der Waals surface area contributed by atoms with Gasteiger partial charge in [-0.15, -0.1) is 0 Å². The molecule has 0 saturated heterocycles. The lowest BCUT2D eigenvalue weighted by molar-refractivity contribution is 0.559. The average Bonchev–Trinajstić information content (AvgIpc) is 2.37. The summed E-state index contributed by atoms with van der Waals surface area (Å²) in [6.07, 6.45) is 0. The third kappa shape index (κ3) is 2.70. The molecule has 0 aliphatic heterocycles. The van der Waals surface area contributed by atoms with Crippen molar-refractivity contribution in [2.24, 2.45) is 5.84 Å². The molecule has 0 fully saturated rings. The maximum atomic E-state index is 13.9. The fourth-order valence-corrected chi connectivity index (χ4v) is 2.03. The minimum atomic E-state index is -0.387. The monoisotopic (exact) mass is 264 g/mol. The third-order valence-corrected chi connectivity index (χ3v) is 3.08. The number of aryl methyl sites for hydroxylation is 1. The molecule has 0 radical (unpaired) electrons. The highest BCUT2D eigenvalue weighted by Gasteiger charge is 2.16. The highest BCUT2D eigenvalue weighted by molar-refractivity contribution is 6.30. The lowest BCUT2D eigenvalue weighted by atomic mass is 9.97. The van der Waals surface area contributed by atoms with Gasteiger partial charge in [0.25, 0.3) is 0 Å². The number of hydrogen-bond donors (Lipinski definition) is 2. The molecule has 1 atom stereocenters. The SMILES string of the molecule is Cc1ccc(F)c(C(NN)c2ccc(Cl)cc2)c1. The molecule has 0 aliphatic rings. The summed E-state index contributed by atoms with van der Waals surface area (Å²) in [5, 5.41) is 0.638. The smallest absolute Gasteiger partial charge is 0.128 e. The Hall–Kier alpha value is -1.42. The van der Waals surface area contributed by atoms with Crippen LogP contribution in [0, 0.1) is 12.7 Å². The molecular formula is C14H14ClFN2. The standard InChI is InChI=1S/C14H14ClFN2/c1-9-2-7-13(16)12(8-9)14(18-17)10-3-5-11(15)6-4-10/h2-8,14,18H,17H2,1H3. The summed E-state index contributed by atoms with van der Waals surface area (Å²) >= 11 is 5.84. The summed E-state index contributed by atoms with van der Waals surface area (Å²) in [5.41, 5.74) is 5.02. The topological polar surface area (TPSA) is 38.0 Å². The van der Waals surface area contributed by atoms with Crippen molar-refractivity contribution in [1.82, 2.24) is 5.43 Å². The van der Waals surface area contributed by atoms with Crippen molar-refractivity contribution in [3.63, 3.8) is 0 Å². The first-order valence-electron chi connectivity index (χ1n) is 5.59. The van der Waals surface area contributed by atoms with Gasteiger partial charge >= 0.3 is 0 Å². The van der Waals surface area contributed by atoms with E-state index in [1.54, 1.807) is 24.3 Å². The first kappa shape index (κ1) is 13.0. The number of nitrogens with one attached hydrogen (secondary N) is 1. The lowest BCUT2D eigenvalue weighted by Crippen LogP contribution is -2.29. The molecule has 2 aromatic carbocycles. The van der Waals surface area contributed by atoms with Gasteiger partial charge in [0.1, 0.15) is 5.82 Å². The Morgan fingerprint density at radius 2 is 1.83 bits per heavy atom. The largest absolute Gasteiger partial charge is 0.271 e. The maximum absolute atomic E-state index is 13.9. The van der Waals surface area contributed by atoms with Gasteiger partial charge in [-0.25, -0.2) is 9.82 Å². The van der Waals surface area contributed by atoms with Crippen LogP contribution in [0.15, 0.2) is 42.5 Å². The number of halogens is 2. The van der Waals surface area contributed by atoms with Gasteiger partial charge in [0, 0.05) is 10.6 Å². The van der Waals surface area contributed by atoms with Gasteiger partial charge in [-0.3, -0.25) is 5.84 Å². The molecule has 0 aromatic heterocycles. The van der Waals surface area contributed by atoms with Crippen LogP contribution in [0.5, 0.6) is 0 Å². The number of hydrogen-bond acceptors (Lipinski definition) is 2. The molecule has 0 aliphatic carbocycles. The zero-order chi connectivity index (χ0) is 13.1. The van der Waals surface area contributed by atoms with Gasteiger partial charge in [0.15, 0.2) is 0 Å². The molecule has 0 heterocycles. The van der Waals surface area contributed by atoms with E-state index in [9.17, 15) is 4.39 Å².